The van der Waals surface area contributed by atoms with E-state index in [-0.39, 0.29) is 23.1 Å². The molecule has 0 aliphatic heterocycles. The van der Waals surface area contributed by atoms with Gasteiger partial charge in [0.1, 0.15) is 0 Å². The summed E-state index contributed by atoms with van der Waals surface area (Å²) < 4.78 is 0. The van der Waals surface area contributed by atoms with Gasteiger partial charge in [0, 0.05) is 19.3 Å². The fourth-order valence-electron chi connectivity index (χ4n) is 4.71. The Morgan fingerprint density at radius 3 is 1.20 bits per heavy atom. The van der Waals surface area contributed by atoms with Crippen molar-refractivity contribution in [3.05, 3.63) is 182 Å². The van der Waals surface area contributed by atoms with E-state index in [9.17, 15) is 0 Å². The minimum atomic E-state index is -0.446. The number of nitrogens with one attached hydrogen (secondary N) is 1. The molecule has 5 aromatic carbocycles. The Morgan fingerprint density at radius 1 is 0.489 bits per heavy atom. The third-order valence-corrected chi connectivity index (χ3v) is 11.7. The Balaban J connectivity index is 0.000000191. The van der Waals surface area contributed by atoms with Gasteiger partial charge in [-0.3, -0.25) is 4.98 Å². The molecule has 7 heteroatoms. The first kappa shape index (κ1) is 35.1. The number of nitrogens with zero attached hydrogens (tertiary/aromatic N) is 1. The van der Waals surface area contributed by atoms with Crippen molar-refractivity contribution in [1.29, 1.82) is 0 Å². The Morgan fingerprint density at radius 2 is 0.844 bits per heavy atom. The third kappa shape index (κ3) is 12.2. The van der Waals surface area contributed by atoms with Crippen LogP contribution in [0.15, 0.2) is 176 Å². The first-order valence-electron chi connectivity index (χ1n) is 14.6. The summed E-state index contributed by atoms with van der Waals surface area (Å²) in [6.07, 6.45) is 2.98. The first-order chi connectivity index (χ1) is 22.3. The molecule has 1 N–H and O–H groups in total. The molecule has 230 valence electrons. The van der Waals surface area contributed by atoms with E-state index >= 15 is 0 Å². The van der Waals surface area contributed by atoms with Gasteiger partial charge < -0.3 is 5.32 Å². The van der Waals surface area contributed by atoms with Gasteiger partial charge in [0.2, 0.25) is 0 Å². The van der Waals surface area contributed by atoms with Crippen LogP contribution >= 0.6 is 35.2 Å². The molecule has 1 aromatic heterocycles. The molecule has 6 aromatic rings. The van der Waals surface area contributed by atoms with Crippen LogP contribution in [-0.4, -0.2) is 17.7 Å². The topological polar surface area (TPSA) is 24.9 Å². The van der Waals surface area contributed by atoms with E-state index in [1.54, 1.807) is 0 Å². The van der Waals surface area contributed by atoms with Crippen molar-refractivity contribution in [2.24, 2.45) is 0 Å². The molecule has 0 bridgehead atoms. The number of pyridine rings is 1. The summed E-state index contributed by atoms with van der Waals surface area (Å²) in [6.45, 7) is 1.82. The summed E-state index contributed by atoms with van der Waals surface area (Å²) in [7, 11) is 8.95. The molecule has 0 aliphatic carbocycles. The van der Waals surface area contributed by atoms with Crippen LogP contribution < -0.4 is 31.8 Å². The van der Waals surface area contributed by atoms with Crippen LogP contribution in [0.1, 0.15) is 5.69 Å². The maximum absolute atomic E-state index is 4.85. The number of hydrogen-bond donors (Lipinski definition) is 1. The Bertz CT molecular complexity index is 1450. The molecule has 0 spiro atoms. The molecule has 2 nitrogen and oxygen atoms in total. The monoisotopic (exact) mass is 754 g/mol. The molecule has 0 amide bonds. The Kier molecular flexibility index (Phi) is 16.5. The van der Waals surface area contributed by atoms with E-state index in [1.165, 1.54) is 26.5 Å². The van der Waals surface area contributed by atoms with Gasteiger partial charge in [-0.25, -0.2) is 0 Å². The van der Waals surface area contributed by atoms with Crippen LogP contribution in [0.25, 0.3) is 0 Å². The maximum Gasteiger partial charge on any atom is 0.0541 e. The average Bonchev–Trinajstić information content (AvgIpc) is 3.12. The van der Waals surface area contributed by atoms with Crippen LogP contribution in [-0.2, 0) is 21.7 Å². The average molecular weight is 755 g/mol. The molecular formula is C38H36Cl2N2P2Ru. The van der Waals surface area contributed by atoms with Crippen LogP contribution in [0, 0.1) is 0 Å². The van der Waals surface area contributed by atoms with Gasteiger partial charge >= 0.3 is 34.5 Å². The predicted molar refractivity (Wildman–Crippen MR) is 197 cm³/mol. The second-order valence-corrected chi connectivity index (χ2v) is 16.9. The second kappa shape index (κ2) is 21.1. The van der Waals surface area contributed by atoms with Crippen LogP contribution in [0.5, 0.6) is 0 Å². The molecule has 0 unspecified atom stereocenters. The molecule has 0 atom stereocenters. The van der Waals surface area contributed by atoms with Gasteiger partial charge in [-0.1, -0.05) is 158 Å². The molecular weight excluding hydrogens is 718 g/mol. The maximum atomic E-state index is 4.85. The van der Waals surface area contributed by atoms with E-state index in [0.29, 0.717) is 0 Å². The van der Waals surface area contributed by atoms with Gasteiger partial charge in [-0.05, 0) is 60.7 Å². The molecule has 0 saturated heterocycles. The molecule has 45 heavy (non-hydrogen) atoms. The largest absolute Gasteiger partial charge is 0.311 e. The van der Waals surface area contributed by atoms with Crippen molar-refractivity contribution >= 4 is 61.7 Å². The van der Waals surface area contributed by atoms with E-state index in [4.69, 9.17) is 19.4 Å². The number of benzene rings is 5. The van der Waals surface area contributed by atoms with Gasteiger partial charge in [0.25, 0.3) is 0 Å². The quantitative estimate of drug-likeness (QED) is 0.0869. The van der Waals surface area contributed by atoms with Gasteiger partial charge in [0.15, 0.2) is 0 Å². The van der Waals surface area contributed by atoms with Crippen molar-refractivity contribution < 1.29 is 15.1 Å². The van der Waals surface area contributed by atoms with E-state index in [2.05, 4.69) is 168 Å². The summed E-state index contributed by atoms with van der Waals surface area (Å²) >= 11 is -0.346. The zero-order chi connectivity index (χ0) is 31.4. The van der Waals surface area contributed by atoms with E-state index in [1.807, 2.05) is 18.3 Å². The minimum Gasteiger partial charge on any atom is -0.311 e. The van der Waals surface area contributed by atoms with Gasteiger partial charge in [0.05, 0.1) is 5.69 Å². The van der Waals surface area contributed by atoms with Crippen LogP contribution in [0.2, 0.25) is 0 Å². The molecule has 6 rings (SSSR count). The smallest absolute Gasteiger partial charge is 0.0541 e. The van der Waals surface area contributed by atoms with Gasteiger partial charge in [-0.15, -0.1) is 0 Å². The Labute approximate surface area is 286 Å². The molecule has 1 heterocycles. The van der Waals surface area contributed by atoms with Gasteiger partial charge in [-0.2, -0.15) is 0 Å². The number of rotatable bonds is 10. The molecule has 0 aliphatic rings. The van der Waals surface area contributed by atoms with Crippen molar-refractivity contribution in [2.75, 3.05) is 12.7 Å². The van der Waals surface area contributed by atoms with Crippen molar-refractivity contribution in [3.8, 4) is 0 Å². The van der Waals surface area contributed by atoms with Crippen LogP contribution in [0.4, 0.5) is 0 Å². The summed E-state index contributed by atoms with van der Waals surface area (Å²) in [5.41, 5.74) is 1.09. The first-order valence-corrected chi connectivity index (χ1v) is 21.9. The summed E-state index contributed by atoms with van der Waals surface area (Å²) in [6, 6.07) is 60.1. The van der Waals surface area contributed by atoms with E-state index < -0.39 is 7.92 Å². The zero-order valence-corrected chi connectivity index (χ0v) is 29.9. The van der Waals surface area contributed by atoms with Crippen molar-refractivity contribution in [2.45, 2.75) is 6.54 Å². The third-order valence-electron chi connectivity index (χ3n) is 6.72. The fourth-order valence-corrected chi connectivity index (χ4v) is 9.28. The van der Waals surface area contributed by atoms with Crippen molar-refractivity contribution in [3.63, 3.8) is 0 Å². The molecule has 0 saturated carbocycles. The summed E-state index contributed by atoms with van der Waals surface area (Å²) in [5.74, 6) is 0. The molecule has 0 fully saturated rings. The summed E-state index contributed by atoms with van der Waals surface area (Å²) in [4.78, 5) is 4.35. The normalized spacial score (nSPS) is 10.5. The van der Waals surface area contributed by atoms with Crippen molar-refractivity contribution in [1.82, 2.24) is 10.3 Å². The molecule has 0 radical (unpaired) electrons. The SMILES string of the molecule is [Cl][Ru][Cl].c1ccc(P(CCNCc2ccccn2)c2ccccc2)cc1.c1ccc(P(c2ccccc2)c2ccccc2)cc1. The minimum absolute atomic E-state index is 0.314. The number of aromatic nitrogens is 1. The fraction of sp³-hybridized carbons (Fsp3) is 0.0789. The summed E-state index contributed by atoms with van der Waals surface area (Å²) in [5, 5.41) is 10.6. The predicted octanol–water partition coefficient (Wildman–Crippen LogP) is 8.13. The van der Waals surface area contributed by atoms with Crippen LogP contribution in [0.3, 0.4) is 0 Å². The number of hydrogen-bond acceptors (Lipinski definition) is 2. The Hall–Kier alpha value is -2.73. The standard InChI is InChI=1S/C20H21N2P.C18H15P.2ClH.Ru/c1-3-10-19(11-4-1)23(20-12-5-2-6-13-20)16-15-21-17-18-9-7-8-14-22-18;1-4-10-16(11-5-1)19(17-12-6-2-7-13-17)18-14-8-3-9-15-18;;;/h1-14,21H,15-17H2;1-15H;2*1H;/q;;;;+2/p-2. The second-order valence-electron chi connectivity index (χ2n) is 9.71. The zero-order valence-electron chi connectivity index (χ0n) is 24.8. The van der Waals surface area contributed by atoms with E-state index in [0.717, 1.165) is 24.9 Å². The number of halogens is 2.